The van der Waals surface area contributed by atoms with E-state index in [1.807, 2.05) is 0 Å². The fourth-order valence-electron chi connectivity index (χ4n) is 1.18. The average Bonchev–Trinajstić information content (AvgIpc) is 2.28. The van der Waals surface area contributed by atoms with E-state index in [1.165, 1.54) is 5.57 Å². The van der Waals surface area contributed by atoms with Gasteiger partial charge in [0.15, 0.2) is 0 Å². The lowest BCUT2D eigenvalue weighted by atomic mass is 10.2. The van der Waals surface area contributed by atoms with Crippen molar-refractivity contribution in [3.63, 3.8) is 0 Å². The van der Waals surface area contributed by atoms with Gasteiger partial charge >= 0.3 is 0 Å². The first-order valence-corrected chi connectivity index (χ1v) is 5.53. The van der Waals surface area contributed by atoms with E-state index in [-0.39, 0.29) is 0 Å². The van der Waals surface area contributed by atoms with Gasteiger partial charge in [0.05, 0.1) is 12.4 Å². The molecule has 1 aromatic rings. The van der Waals surface area contributed by atoms with Gasteiger partial charge in [0.1, 0.15) is 0 Å². The summed E-state index contributed by atoms with van der Waals surface area (Å²) >= 11 is 0. The molecule has 84 valence electrons. The maximum absolute atomic E-state index is 3.90. The molecule has 1 rings (SSSR count). The molecule has 0 fully saturated rings. The molecule has 0 aromatic carbocycles. The Labute approximate surface area is 96.7 Å². The molecular weight excluding hydrogens is 196 g/mol. The Morgan fingerprint density at radius 3 is 2.31 bits per heavy atom. The zero-order chi connectivity index (χ0) is 11.8. The number of allylic oxidation sites excluding steroid dienone is 4. The molecule has 0 aliphatic heterocycles. The summed E-state index contributed by atoms with van der Waals surface area (Å²) in [5.74, 6) is 0. The van der Waals surface area contributed by atoms with Gasteiger partial charge in [-0.05, 0) is 20.3 Å². The first-order chi connectivity index (χ1) is 7.74. The summed E-state index contributed by atoms with van der Waals surface area (Å²) in [5.41, 5.74) is 1.27. The summed E-state index contributed by atoms with van der Waals surface area (Å²) in [6, 6.07) is 0. The summed E-state index contributed by atoms with van der Waals surface area (Å²) in [6.07, 6.45) is 15.0. The first kappa shape index (κ1) is 12.4. The Hall–Kier alpha value is -1.70. The largest absolute Gasteiger partial charge is 0.158 e. The summed E-state index contributed by atoms with van der Waals surface area (Å²) in [4.78, 5) is 0. The molecule has 0 N–H and O–H groups in total. The van der Waals surface area contributed by atoms with Crippen molar-refractivity contribution in [2.75, 3.05) is 0 Å². The standard InChI is InChI=1S/C14H18N2/c1-4-5-6-7-13-10-15-16-11-14(13)9-8-12(2)3/h5-11H,4H2,1-3H3/b6-5+,13-7-,14-9-. The topological polar surface area (TPSA) is 25.8 Å². The van der Waals surface area contributed by atoms with Gasteiger partial charge in [0.2, 0.25) is 0 Å². The number of aromatic nitrogens is 2. The highest BCUT2D eigenvalue weighted by Gasteiger charge is 1.83. The minimum absolute atomic E-state index is 1.04. The van der Waals surface area contributed by atoms with E-state index in [0.717, 1.165) is 16.9 Å². The molecule has 2 nitrogen and oxygen atoms in total. The van der Waals surface area contributed by atoms with Gasteiger partial charge in [-0.15, -0.1) is 0 Å². The summed E-state index contributed by atoms with van der Waals surface area (Å²) < 4.78 is 0. The second-order valence-corrected chi connectivity index (χ2v) is 3.81. The third-order valence-corrected chi connectivity index (χ3v) is 2.04. The molecule has 0 unspecified atom stereocenters. The predicted octanol–water partition coefficient (Wildman–Crippen LogP) is 1.97. The molecule has 0 atom stereocenters. The lowest BCUT2D eigenvalue weighted by molar-refractivity contribution is 1.01. The minimum Gasteiger partial charge on any atom is -0.158 e. The Morgan fingerprint density at radius 1 is 1.12 bits per heavy atom. The molecule has 0 aliphatic rings. The van der Waals surface area contributed by atoms with Crippen LogP contribution in [-0.4, -0.2) is 10.2 Å². The maximum Gasteiger partial charge on any atom is 0.0574 e. The predicted molar refractivity (Wildman–Crippen MR) is 69.1 cm³/mol. The molecule has 1 aromatic heterocycles. The van der Waals surface area contributed by atoms with Crippen LogP contribution in [0.1, 0.15) is 27.2 Å². The monoisotopic (exact) mass is 214 g/mol. The average molecular weight is 214 g/mol. The van der Waals surface area contributed by atoms with E-state index in [2.05, 4.69) is 61.3 Å². The van der Waals surface area contributed by atoms with Crippen LogP contribution in [0.4, 0.5) is 0 Å². The van der Waals surface area contributed by atoms with Crippen LogP contribution in [0.25, 0.3) is 12.2 Å². The van der Waals surface area contributed by atoms with Crippen molar-refractivity contribution in [3.05, 3.63) is 46.6 Å². The maximum atomic E-state index is 3.90. The zero-order valence-corrected chi connectivity index (χ0v) is 10.1. The van der Waals surface area contributed by atoms with Crippen LogP contribution in [0.3, 0.4) is 0 Å². The Bertz CT molecular complexity index is 492. The lowest BCUT2D eigenvalue weighted by Crippen LogP contribution is -2.25. The molecule has 0 saturated heterocycles. The molecular formula is C14H18N2. The molecule has 0 radical (unpaired) electrons. The van der Waals surface area contributed by atoms with E-state index >= 15 is 0 Å². The fraction of sp³-hybridized carbons (Fsp3) is 0.286. The summed E-state index contributed by atoms with van der Waals surface area (Å²) in [6.45, 7) is 6.27. The third kappa shape index (κ3) is 4.22. The smallest absolute Gasteiger partial charge is 0.0574 e. The molecule has 0 saturated carbocycles. The van der Waals surface area contributed by atoms with Crippen LogP contribution in [0.5, 0.6) is 0 Å². The second-order valence-electron chi connectivity index (χ2n) is 3.81. The summed E-state index contributed by atoms with van der Waals surface area (Å²) in [5, 5.41) is 9.98. The number of rotatable bonds is 3. The van der Waals surface area contributed by atoms with E-state index in [0.29, 0.717) is 0 Å². The van der Waals surface area contributed by atoms with Gasteiger partial charge in [-0.3, -0.25) is 0 Å². The molecule has 0 spiro atoms. The van der Waals surface area contributed by atoms with Gasteiger partial charge in [0.25, 0.3) is 0 Å². The van der Waals surface area contributed by atoms with Crippen molar-refractivity contribution in [3.8, 4) is 0 Å². The summed E-state index contributed by atoms with van der Waals surface area (Å²) in [7, 11) is 0. The highest BCUT2D eigenvalue weighted by Crippen LogP contribution is 1.87. The third-order valence-electron chi connectivity index (χ3n) is 2.04. The molecule has 0 amide bonds. The zero-order valence-electron chi connectivity index (χ0n) is 10.1. The number of hydrogen-bond donors (Lipinski definition) is 0. The molecule has 2 heteroatoms. The Balaban J connectivity index is 3.20. The molecule has 0 bridgehead atoms. The van der Waals surface area contributed by atoms with Crippen LogP contribution in [-0.2, 0) is 0 Å². The van der Waals surface area contributed by atoms with Crippen molar-refractivity contribution in [1.82, 2.24) is 10.2 Å². The van der Waals surface area contributed by atoms with Gasteiger partial charge in [-0.2, -0.15) is 10.2 Å². The van der Waals surface area contributed by atoms with Gasteiger partial charge < -0.3 is 0 Å². The van der Waals surface area contributed by atoms with Gasteiger partial charge in [-0.25, -0.2) is 0 Å². The lowest BCUT2D eigenvalue weighted by Gasteiger charge is -1.88. The van der Waals surface area contributed by atoms with Crippen LogP contribution >= 0.6 is 0 Å². The van der Waals surface area contributed by atoms with Crippen molar-refractivity contribution >= 4 is 12.2 Å². The number of hydrogen-bond acceptors (Lipinski definition) is 2. The molecule has 1 heterocycles. The van der Waals surface area contributed by atoms with E-state index in [9.17, 15) is 0 Å². The van der Waals surface area contributed by atoms with Crippen LogP contribution < -0.4 is 10.4 Å². The highest BCUT2D eigenvalue weighted by molar-refractivity contribution is 5.42. The van der Waals surface area contributed by atoms with Crippen molar-refractivity contribution < 1.29 is 0 Å². The van der Waals surface area contributed by atoms with E-state index in [1.54, 1.807) is 12.4 Å². The van der Waals surface area contributed by atoms with E-state index < -0.39 is 0 Å². The SMILES string of the molecule is CC/C=C/C=c1/cnnc/c1=C/C=C(C)C. The first-order valence-electron chi connectivity index (χ1n) is 5.53. The second kappa shape index (κ2) is 6.72. The van der Waals surface area contributed by atoms with Gasteiger partial charge in [-0.1, -0.05) is 42.9 Å². The van der Waals surface area contributed by atoms with E-state index in [4.69, 9.17) is 0 Å². The Kier molecular flexibility index (Phi) is 5.20. The van der Waals surface area contributed by atoms with Crippen molar-refractivity contribution in [2.45, 2.75) is 27.2 Å². The van der Waals surface area contributed by atoms with Crippen LogP contribution in [0.15, 0.2) is 36.2 Å². The number of nitrogens with zero attached hydrogens (tertiary/aromatic N) is 2. The van der Waals surface area contributed by atoms with Crippen molar-refractivity contribution in [1.29, 1.82) is 0 Å². The quantitative estimate of drug-likeness (QED) is 0.768. The van der Waals surface area contributed by atoms with Gasteiger partial charge in [0, 0.05) is 10.4 Å². The Morgan fingerprint density at radius 2 is 1.75 bits per heavy atom. The highest BCUT2D eigenvalue weighted by atomic mass is 15.1. The van der Waals surface area contributed by atoms with Crippen molar-refractivity contribution in [2.24, 2.45) is 0 Å². The molecule has 0 aliphatic carbocycles. The molecule has 16 heavy (non-hydrogen) atoms. The minimum atomic E-state index is 1.04. The van der Waals surface area contributed by atoms with Crippen LogP contribution in [0, 0.1) is 0 Å². The normalized spacial score (nSPS) is 13.4. The van der Waals surface area contributed by atoms with Crippen LogP contribution in [0.2, 0.25) is 0 Å². The fourth-order valence-corrected chi connectivity index (χ4v) is 1.18.